The average Bonchev–Trinajstić information content (AvgIpc) is 3.23. The number of piperazine rings is 1. The predicted octanol–water partition coefficient (Wildman–Crippen LogP) is 3.12. The molecule has 3 heterocycles. The lowest BCUT2D eigenvalue weighted by Gasteiger charge is -2.36. The molecular weight excluding hydrogens is 475 g/mol. The first kappa shape index (κ1) is 22.6. The molecule has 0 bridgehead atoms. The third kappa shape index (κ3) is 3.86. The summed E-state index contributed by atoms with van der Waals surface area (Å²) in [5.74, 6) is 0.636. The molecule has 0 N–H and O–H groups in total. The molecule has 10 heteroatoms. The summed E-state index contributed by atoms with van der Waals surface area (Å²) < 4.78 is 4.38. The SMILES string of the molecule is Cn1c(=O)c2c(nc(N3CCN(c4ccccc4)CC3)n2Cc2cc(Cl)ccc2Cl)n(C)c1=O. The number of anilines is 2. The first-order valence-electron chi connectivity index (χ1n) is 11.0. The van der Waals surface area contributed by atoms with Gasteiger partial charge in [0.25, 0.3) is 5.56 Å². The van der Waals surface area contributed by atoms with E-state index in [0.29, 0.717) is 33.7 Å². The maximum Gasteiger partial charge on any atom is 0.332 e. The minimum Gasteiger partial charge on any atom is -0.368 e. The van der Waals surface area contributed by atoms with Gasteiger partial charge in [0.2, 0.25) is 5.95 Å². The Balaban J connectivity index is 1.60. The number of hydrogen-bond donors (Lipinski definition) is 0. The second-order valence-electron chi connectivity index (χ2n) is 8.42. The Morgan fingerprint density at radius 1 is 0.882 bits per heavy atom. The van der Waals surface area contributed by atoms with Crippen LogP contribution in [0.1, 0.15) is 5.56 Å². The molecule has 176 valence electrons. The van der Waals surface area contributed by atoms with E-state index in [1.807, 2.05) is 22.8 Å². The van der Waals surface area contributed by atoms with Gasteiger partial charge in [-0.1, -0.05) is 41.4 Å². The van der Waals surface area contributed by atoms with Gasteiger partial charge in [-0.25, -0.2) is 4.79 Å². The van der Waals surface area contributed by atoms with Gasteiger partial charge in [-0.2, -0.15) is 4.98 Å². The Morgan fingerprint density at radius 3 is 2.26 bits per heavy atom. The highest BCUT2D eigenvalue weighted by Crippen LogP contribution is 2.27. The molecule has 1 saturated heterocycles. The molecule has 0 radical (unpaired) electrons. The van der Waals surface area contributed by atoms with Crippen LogP contribution < -0.4 is 21.0 Å². The van der Waals surface area contributed by atoms with Crippen molar-refractivity contribution in [2.75, 3.05) is 36.0 Å². The molecule has 4 aromatic rings. The standard InChI is InChI=1S/C24H24Cl2N6O2/c1-28-21-20(22(33)29(2)24(28)34)32(15-16-14-17(25)8-9-19(16)26)23(27-21)31-12-10-30(11-13-31)18-6-4-3-5-7-18/h3-9,14H,10-13,15H2,1-2H3. The topological polar surface area (TPSA) is 68.3 Å². The van der Waals surface area contributed by atoms with E-state index in [9.17, 15) is 9.59 Å². The summed E-state index contributed by atoms with van der Waals surface area (Å²) in [6.07, 6.45) is 0. The molecular formula is C24H24Cl2N6O2. The van der Waals surface area contributed by atoms with Crippen molar-refractivity contribution in [3.05, 3.63) is 85.0 Å². The van der Waals surface area contributed by atoms with Crippen molar-refractivity contribution < 1.29 is 0 Å². The lowest BCUT2D eigenvalue weighted by atomic mass is 10.2. The molecule has 2 aromatic carbocycles. The maximum atomic E-state index is 13.2. The molecule has 0 unspecified atom stereocenters. The molecule has 2 aromatic heterocycles. The zero-order valence-electron chi connectivity index (χ0n) is 18.9. The number of fused-ring (bicyclic) bond motifs is 1. The van der Waals surface area contributed by atoms with Crippen LogP contribution in [-0.4, -0.2) is 44.9 Å². The van der Waals surface area contributed by atoms with E-state index in [-0.39, 0.29) is 0 Å². The molecule has 0 amide bonds. The van der Waals surface area contributed by atoms with Crippen molar-refractivity contribution in [2.24, 2.45) is 14.1 Å². The fourth-order valence-electron chi connectivity index (χ4n) is 4.46. The van der Waals surface area contributed by atoms with Crippen molar-refractivity contribution in [3.8, 4) is 0 Å². The van der Waals surface area contributed by atoms with Gasteiger partial charge >= 0.3 is 5.69 Å². The van der Waals surface area contributed by atoms with Crippen LogP contribution in [0.15, 0.2) is 58.1 Å². The Kier molecular flexibility index (Phi) is 5.87. The summed E-state index contributed by atoms with van der Waals surface area (Å²) in [7, 11) is 3.11. The minimum atomic E-state index is -0.414. The number of hydrogen-bond acceptors (Lipinski definition) is 5. The molecule has 1 aliphatic rings. The summed E-state index contributed by atoms with van der Waals surface area (Å²) >= 11 is 12.7. The van der Waals surface area contributed by atoms with Gasteiger partial charge in [0.15, 0.2) is 11.2 Å². The zero-order valence-corrected chi connectivity index (χ0v) is 20.4. The number of imidazole rings is 1. The van der Waals surface area contributed by atoms with Gasteiger partial charge in [0.05, 0.1) is 6.54 Å². The first-order valence-corrected chi connectivity index (χ1v) is 11.8. The molecule has 0 spiro atoms. The van der Waals surface area contributed by atoms with Crippen molar-refractivity contribution >= 4 is 46.0 Å². The highest BCUT2D eigenvalue weighted by atomic mass is 35.5. The summed E-state index contributed by atoms with van der Waals surface area (Å²) in [5.41, 5.74) is 1.86. The maximum absolute atomic E-state index is 13.2. The third-order valence-electron chi connectivity index (χ3n) is 6.35. The highest BCUT2D eigenvalue weighted by molar-refractivity contribution is 6.33. The third-order valence-corrected chi connectivity index (χ3v) is 6.95. The van der Waals surface area contributed by atoms with E-state index in [2.05, 4.69) is 21.9 Å². The Morgan fingerprint density at radius 2 is 1.56 bits per heavy atom. The van der Waals surface area contributed by atoms with Crippen LogP contribution in [0.25, 0.3) is 11.2 Å². The van der Waals surface area contributed by atoms with Gasteiger partial charge < -0.3 is 9.80 Å². The fourth-order valence-corrected chi connectivity index (χ4v) is 4.84. The average molecular weight is 499 g/mol. The summed E-state index contributed by atoms with van der Waals surface area (Å²) in [6, 6.07) is 15.5. The second kappa shape index (κ2) is 8.85. The van der Waals surface area contributed by atoms with Crippen LogP contribution >= 0.6 is 23.2 Å². The quantitative estimate of drug-likeness (QED) is 0.432. The predicted molar refractivity (Wildman–Crippen MR) is 137 cm³/mol. The van der Waals surface area contributed by atoms with Crippen LogP contribution in [0.4, 0.5) is 11.6 Å². The number of nitrogens with zero attached hydrogens (tertiary/aromatic N) is 6. The smallest absolute Gasteiger partial charge is 0.332 e. The Bertz CT molecular complexity index is 1480. The Hall–Kier alpha value is -3.23. The molecule has 5 rings (SSSR count). The first-order chi connectivity index (χ1) is 16.3. The number of aromatic nitrogens is 4. The van der Waals surface area contributed by atoms with Crippen molar-refractivity contribution in [1.82, 2.24) is 18.7 Å². The normalized spacial score (nSPS) is 14.2. The number of aryl methyl sites for hydroxylation is 1. The molecule has 0 aliphatic carbocycles. The monoisotopic (exact) mass is 498 g/mol. The van der Waals surface area contributed by atoms with Gasteiger partial charge in [-0.15, -0.1) is 0 Å². The highest BCUT2D eigenvalue weighted by Gasteiger charge is 2.26. The van der Waals surface area contributed by atoms with Gasteiger partial charge in [-0.05, 0) is 35.9 Å². The van der Waals surface area contributed by atoms with Crippen LogP contribution in [0.5, 0.6) is 0 Å². The fraction of sp³-hybridized carbons (Fsp3) is 0.292. The molecule has 1 fully saturated rings. The molecule has 1 aliphatic heterocycles. The van der Waals surface area contributed by atoms with Crippen LogP contribution in [-0.2, 0) is 20.6 Å². The second-order valence-corrected chi connectivity index (χ2v) is 9.26. The summed E-state index contributed by atoms with van der Waals surface area (Å²) in [5, 5.41) is 1.11. The van der Waals surface area contributed by atoms with E-state index in [1.165, 1.54) is 17.3 Å². The Labute approximate surface area is 206 Å². The molecule has 8 nitrogen and oxygen atoms in total. The summed E-state index contributed by atoms with van der Waals surface area (Å²) in [6.45, 7) is 3.35. The van der Waals surface area contributed by atoms with Crippen LogP contribution in [0.3, 0.4) is 0 Å². The van der Waals surface area contributed by atoms with Gasteiger partial charge in [0, 0.05) is 56.0 Å². The summed E-state index contributed by atoms with van der Waals surface area (Å²) in [4.78, 5) is 35.0. The van der Waals surface area contributed by atoms with E-state index in [4.69, 9.17) is 28.2 Å². The van der Waals surface area contributed by atoms with Gasteiger partial charge in [0.1, 0.15) is 0 Å². The van der Waals surface area contributed by atoms with Crippen LogP contribution in [0.2, 0.25) is 10.0 Å². The number of para-hydroxylation sites is 1. The van der Waals surface area contributed by atoms with E-state index >= 15 is 0 Å². The van der Waals surface area contributed by atoms with E-state index in [0.717, 1.165) is 36.3 Å². The molecule has 34 heavy (non-hydrogen) atoms. The largest absolute Gasteiger partial charge is 0.368 e. The van der Waals surface area contributed by atoms with Crippen molar-refractivity contribution in [1.29, 1.82) is 0 Å². The van der Waals surface area contributed by atoms with E-state index < -0.39 is 11.2 Å². The lowest BCUT2D eigenvalue weighted by Crippen LogP contribution is -2.47. The molecule has 0 saturated carbocycles. The number of benzene rings is 2. The van der Waals surface area contributed by atoms with Crippen LogP contribution in [0, 0.1) is 0 Å². The number of rotatable bonds is 4. The van der Waals surface area contributed by atoms with Crippen molar-refractivity contribution in [2.45, 2.75) is 6.54 Å². The van der Waals surface area contributed by atoms with Crippen molar-refractivity contribution in [3.63, 3.8) is 0 Å². The number of halogens is 2. The van der Waals surface area contributed by atoms with Gasteiger partial charge in [-0.3, -0.25) is 18.5 Å². The minimum absolute atomic E-state index is 0.303. The zero-order chi connectivity index (χ0) is 24.0. The van der Waals surface area contributed by atoms with E-state index in [1.54, 1.807) is 25.2 Å². The lowest BCUT2D eigenvalue weighted by molar-refractivity contribution is 0.625. The molecule has 0 atom stereocenters.